The molecule has 1 aromatic heterocycles. The summed E-state index contributed by atoms with van der Waals surface area (Å²) in [4.78, 5) is 16.0. The van der Waals surface area contributed by atoms with Gasteiger partial charge in [0.25, 0.3) is 5.91 Å². The molecule has 0 fully saturated rings. The highest BCUT2D eigenvalue weighted by molar-refractivity contribution is 5.94. The lowest BCUT2D eigenvalue weighted by molar-refractivity contribution is 0.0949. The molecule has 0 spiro atoms. The molecule has 0 radical (unpaired) electrons. The molecule has 0 aliphatic carbocycles. The third-order valence-corrected chi connectivity index (χ3v) is 2.63. The van der Waals surface area contributed by atoms with E-state index in [-0.39, 0.29) is 17.9 Å². The summed E-state index contributed by atoms with van der Waals surface area (Å²) in [5.41, 5.74) is 1.39. The van der Waals surface area contributed by atoms with E-state index in [1.54, 1.807) is 12.3 Å². The molecule has 4 heteroatoms. The minimum absolute atomic E-state index is 0.0351. The average molecular weight is 274 g/mol. The number of hydrogen-bond donors (Lipinski definition) is 2. The van der Waals surface area contributed by atoms with E-state index in [0.29, 0.717) is 24.1 Å². The Labute approximate surface area is 120 Å². The van der Waals surface area contributed by atoms with Crippen LogP contribution in [0.5, 0.6) is 0 Å². The van der Waals surface area contributed by atoms with Gasteiger partial charge in [0.15, 0.2) is 0 Å². The van der Waals surface area contributed by atoms with Gasteiger partial charge in [-0.3, -0.25) is 9.78 Å². The number of aliphatic hydroxyl groups excluding tert-OH is 1. The maximum Gasteiger partial charge on any atom is 0.252 e. The summed E-state index contributed by atoms with van der Waals surface area (Å²) < 4.78 is 0. The van der Waals surface area contributed by atoms with Gasteiger partial charge in [-0.25, -0.2) is 0 Å². The first kappa shape index (κ1) is 16.2. The molecule has 0 unspecified atom stereocenters. The Morgan fingerprint density at radius 2 is 2.15 bits per heavy atom. The number of rotatable bonds is 4. The maximum atomic E-state index is 12.0. The molecule has 108 valence electrons. The first-order valence-electron chi connectivity index (χ1n) is 6.75. The Hall–Kier alpha value is -1.86. The van der Waals surface area contributed by atoms with E-state index in [2.05, 4.69) is 42.9 Å². The van der Waals surface area contributed by atoms with Crippen molar-refractivity contribution >= 4 is 5.91 Å². The molecule has 1 aromatic rings. The van der Waals surface area contributed by atoms with E-state index >= 15 is 0 Å². The molecule has 1 heterocycles. The minimum atomic E-state index is -0.132. The van der Waals surface area contributed by atoms with Crippen molar-refractivity contribution in [3.8, 4) is 11.8 Å². The molecule has 0 bridgehead atoms. The van der Waals surface area contributed by atoms with Crippen molar-refractivity contribution in [3.05, 3.63) is 29.6 Å². The van der Waals surface area contributed by atoms with Crippen LogP contribution in [0.2, 0.25) is 0 Å². The van der Waals surface area contributed by atoms with E-state index in [1.165, 1.54) is 6.20 Å². The SMILES string of the molecule is CC(C)(C)CCNC(=O)c1cncc(C#CCCO)c1. The van der Waals surface area contributed by atoms with Crippen LogP contribution in [0.25, 0.3) is 0 Å². The lowest BCUT2D eigenvalue weighted by Crippen LogP contribution is -2.27. The molecule has 0 aromatic carbocycles. The summed E-state index contributed by atoms with van der Waals surface area (Å²) in [7, 11) is 0. The highest BCUT2D eigenvalue weighted by atomic mass is 16.2. The summed E-state index contributed by atoms with van der Waals surface area (Å²) in [6.07, 6.45) is 4.48. The topological polar surface area (TPSA) is 62.2 Å². The lowest BCUT2D eigenvalue weighted by Gasteiger charge is -2.17. The molecule has 1 amide bonds. The fourth-order valence-corrected chi connectivity index (χ4v) is 1.51. The van der Waals surface area contributed by atoms with Crippen LogP contribution in [-0.2, 0) is 0 Å². The van der Waals surface area contributed by atoms with Crippen LogP contribution in [0.4, 0.5) is 0 Å². The second-order valence-corrected chi connectivity index (χ2v) is 5.80. The number of carbonyl (C=O) groups is 1. The molecule has 2 N–H and O–H groups in total. The number of nitrogens with zero attached hydrogens (tertiary/aromatic N) is 1. The maximum absolute atomic E-state index is 12.0. The Kier molecular flexibility index (Phi) is 6.20. The standard InChI is InChI=1S/C16H22N2O2/c1-16(2,3)7-8-18-15(20)14-10-13(11-17-12-14)6-4-5-9-19/h10-12,19H,5,7-9H2,1-3H3,(H,18,20). The fourth-order valence-electron chi connectivity index (χ4n) is 1.51. The van der Waals surface area contributed by atoms with Crippen LogP contribution >= 0.6 is 0 Å². The Morgan fingerprint density at radius 1 is 1.40 bits per heavy atom. The third-order valence-electron chi connectivity index (χ3n) is 2.63. The van der Waals surface area contributed by atoms with E-state index < -0.39 is 0 Å². The number of aromatic nitrogens is 1. The van der Waals surface area contributed by atoms with Crippen molar-refractivity contribution in [1.82, 2.24) is 10.3 Å². The molecular formula is C16H22N2O2. The van der Waals surface area contributed by atoms with Crippen molar-refractivity contribution < 1.29 is 9.90 Å². The van der Waals surface area contributed by atoms with Crippen molar-refractivity contribution in [1.29, 1.82) is 0 Å². The third kappa shape index (κ3) is 6.35. The van der Waals surface area contributed by atoms with Crippen molar-refractivity contribution in [2.75, 3.05) is 13.2 Å². The molecule has 20 heavy (non-hydrogen) atoms. The number of carbonyl (C=O) groups excluding carboxylic acids is 1. The van der Waals surface area contributed by atoms with Crippen LogP contribution in [-0.4, -0.2) is 29.1 Å². The van der Waals surface area contributed by atoms with E-state index in [4.69, 9.17) is 5.11 Å². The molecule has 0 atom stereocenters. The number of amides is 1. The van der Waals surface area contributed by atoms with E-state index in [1.807, 2.05) is 0 Å². The minimum Gasteiger partial charge on any atom is -0.395 e. The second-order valence-electron chi connectivity index (χ2n) is 5.80. The van der Waals surface area contributed by atoms with Gasteiger partial charge in [-0.15, -0.1) is 0 Å². The van der Waals surface area contributed by atoms with Gasteiger partial charge < -0.3 is 10.4 Å². The van der Waals surface area contributed by atoms with Crippen LogP contribution in [0, 0.1) is 17.3 Å². The molecule has 4 nitrogen and oxygen atoms in total. The average Bonchev–Trinajstić information content (AvgIpc) is 2.38. The summed E-state index contributed by atoms with van der Waals surface area (Å²) in [5.74, 6) is 5.55. The molecule has 0 saturated carbocycles. The molecule has 0 aliphatic heterocycles. The number of aliphatic hydroxyl groups is 1. The van der Waals surface area contributed by atoms with Gasteiger partial charge in [0.1, 0.15) is 0 Å². The Morgan fingerprint density at radius 3 is 2.80 bits per heavy atom. The smallest absolute Gasteiger partial charge is 0.252 e. The molecule has 1 rings (SSSR count). The van der Waals surface area contributed by atoms with E-state index in [9.17, 15) is 4.79 Å². The Bertz CT molecular complexity index is 507. The van der Waals surface area contributed by atoms with Crippen molar-refractivity contribution in [2.24, 2.45) is 5.41 Å². The summed E-state index contributed by atoms with van der Waals surface area (Å²) in [5, 5.41) is 11.6. The number of hydrogen-bond acceptors (Lipinski definition) is 3. The second kappa shape index (κ2) is 7.66. The lowest BCUT2D eigenvalue weighted by atomic mass is 9.92. The van der Waals surface area contributed by atoms with Gasteiger partial charge in [-0.05, 0) is 17.9 Å². The van der Waals surface area contributed by atoms with Crippen molar-refractivity contribution in [3.63, 3.8) is 0 Å². The van der Waals surface area contributed by atoms with Gasteiger partial charge in [-0.2, -0.15) is 0 Å². The Balaban J connectivity index is 2.61. The van der Waals surface area contributed by atoms with Gasteiger partial charge in [0.05, 0.1) is 12.2 Å². The normalized spacial score (nSPS) is 10.6. The van der Waals surface area contributed by atoms with Gasteiger partial charge >= 0.3 is 0 Å². The molecular weight excluding hydrogens is 252 g/mol. The number of nitrogens with one attached hydrogen (secondary N) is 1. The predicted octanol–water partition coefficient (Wildman–Crippen LogP) is 1.98. The monoisotopic (exact) mass is 274 g/mol. The summed E-state index contributed by atoms with van der Waals surface area (Å²) in [6.45, 7) is 7.09. The fraction of sp³-hybridized carbons (Fsp3) is 0.500. The predicted molar refractivity (Wildman–Crippen MR) is 79.2 cm³/mol. The van der Waals surface area contributed by atoms with Crippen LogP contribution in [0.15, 0.2) is 18.5 Å². The van der Waals surface area contributed by atoms with Gasteiger partial charge in [-0.1, -0.05) is 32.6 Å². The summed E-state index contributed by atoms with van der Waals surface area (Å²) >= 11 is 0. The number of pyridine rings is 1. The van der Waals surface area contributed by atoms with Gasteiger partial charge in [0, 0.05) is 30.9 Å². The zero-order valence-electron chi connectivity index (χ0n) is 12.4. The van der Waals surface area contributed by atoms with E-state index in [0.717, 1.165) is 6.42 Å². The highest BCUT2D eigenvalue weighted by Gasteiger charge is 2.11. The molecule has 0 saturated heterocycles. The van der Waals surface area contributed by atoms with Gasteiger partial charge in [0.2, 0.25) is 0 Å². The first-order chi connectivity index (χ1) is 9.42. The van der Waals surface area contributed by atoms with Crippen molar-refractivity contribution in [2.45, 2.75) is 33.6 Å². The zero-order valence-corrected chi connectivity index (χ0v) is 12.4. The summed E-state index contributed by atoms with van der Waals surface area (Å²) in [6, 6.07) is 1.71. The zero-order chi connectivity index (χ0) is 15.0. The van der Waals surface area contributed by atoms with Crippen LogP contribution < -0.4 is 5.32 Å². The van der Waals surface area contributed by atoms with Crippen LogP contribution in [0.1, 0.15) is 49.5 Å². The largest absolute Gasteiger partial charge is 0.395 e. The first-order valence-corrected chi connectivity index (χ1v) is 6.75. The quantitative estimate of drug-likeness (QED) is 0.825. The highest BCUT2D eigenvalue weighted by Crippen LogP contribution is 2.17. The molecule has 0 aliphatic rings. The van der Waals surface area contributed by atoms with Crippen LogP contribution in [0.3, 0.4) is 0 Å².